The molecule has 0 amide bonds. The minimum absolute atomic E-state index is 0.128. The van der Waals surface area contributed by atoms with Crippen LogP contribution in [-0.4, -0.2) is 29.7 Å². The lowest BCUT2D eigenvalue weighted by atomic mass is 10.1. The first-order valence-corrected chi connectivity index (χ1v) is 7.45. The Bertz CT molecular complexity index is 226. The quantitative estimate of drug-likeness (QED) is 0.355. The van der Waals surface area contributed by atoms with Crippen LogP contribution in [-0.2, 0) is 10.1 Å². The van der Waals surface area contributed by atoms with Crippen LogP contribution in [0.4, 0.5) is 0 Å². The van der Waals surface area contributed by atoms with Crippen LogP contribution in [0.1, 0.15) is 32.1 Å². The maximum absolute atomic E-state index is 10.4. The second-order valence-corrected chi connectivity index (χ2v) is 6.05. The summed E-state index contributed by atoms with van der Waals surface area (Å²) < 4.78 is 29.2. The van der Waals surface area contributed by atoms with Gasteiger partial charge in [0.2, 0.25) is 0 Å². The smallest absolute Gasteiger partial charge is 0.264 e. The lowest BCUT2D eigenvalue weighted by Gasteiger charge is -2.07. The minimum atomic E-state index is -3.77. The van der Waals surface area contributed by atoms with Gasteiger partial charge in [-0.15, -0.1) is 0 Å². The third kappa shape index (κ3) is 10.7. The zero-order chi connectivity index (χ0) is 11.0. The fourth-order valence-electron chi connectivity index (χ4n) is 1.13. The Kier molecular flexibility index (Phi) is 8.19. The number of thiol groups is 2. The summed E-state index contributed by atoms with van der Waals surface area (Å²) in [7, 11) is -3.77. The van der Waals surface area contributed by atoms with E-state index in [0.29, 0.717) is 11.7 Å². The van der Waals surface area contributed by atoms with E-state index >= 15 is 0 Å². The van der Waals surface area contributed by atoms with Crippen molar-refractivity contribution >= 4 is 35.4 Å². The molecule has 6 heteroatoms. The molecule has 0 saturated heterocycles. The monoisotopic (exact) mass is 258 g/mol. The third-order valence-electron chi connectivity index (χ3n) is 1.90. The Hall–Kier alpha value is 0.610. The average Bonchev–Trinajstić information content (AvgIpc) is 2.02. The molecule has 0 aliphatic carbocycles. The van der Waals surface area contributed by atoms with Gasteiger partial charge in [0.1, 0.15) is 0 Å². The summed E-state index contributed by atoms with van der Waals surface area (Å²) >= 11 is 8.45. The van der Waals surface area contributed by atoms with E-state index in [2.05, 4.69) is 25.3 Å². The Morgan fingerprint density at radius 3 is 2.29 bits per heavy atom. The molecule has 0 fully saturated rings. The molecule has 0 aromatic heterocycles. The van der Waals surface area contributed by atoms with Gasteiger partial charge in [-0.2, -0.15) is 33.7 Å². The molecule has 0 aliphatic heterocycles. The highest BCUT2D eigenvalue weighted by atomic mass is 32.2. The first-order valence-electron chi connectivity index (χ1n) is 4.70. The standard InChI is InChI=1S/C8H18O3S3/c9-14(10,11)7-3-1-2-4-8(13)5-6-12/h8,12-13H,1-7H2,(H,9,10,11). The maximum atomic E-state index is 10.4. The Balaban J connectivity index is 3.30. The van der Waals surface area contributed by atoms with Gasteiger partial charge < -0.3 is 0 Å². The molecule has 0 saturated carbocycles. The molecule has 0 radical (unpaired) electrons. The summed E-state index contributed by atoms with van der Waals surface area (Å²) in [4.78, 5) is 0. The minimum Gasteiger partial charge on any atom is -0.286 e. The van der Waals surface area contributed by atoms with E-state index in [1.165, 1.54) is 0 Å². The first kappa shape index (κ1) is 14.6. The Morgan fingerprint density at radius 1 is 1.14 bits per heavy atom. The molecule has 14 heavy (non-hydrogen) atoms. The fourth-order valence-corrected chi connectivity index (χ4v) is 2.53. The van der Waals surface area contributed by atoms with E-state index in [1.807, 2.05) is 0 Å². The predicted octanol–water partition coefficient (Wildman–Crippen LogP) is 2.05. The molecular formula is C8H18O3S3. The summed E-state index contributed by atoms with van der Waals surface area (Å²) in [5.41, 5.74) is 0. The van der Waals surface area contributed by atoms with Gasteiger partial charge >= 0.3 is 0 Å². The zero-order valence-corrected chi connectivity index (χ0v) is 10.7. The molecule has 1 N–H and O–H groups in total. The number of rotatable bonds is 8. The molecule has 3 nitrogen and oxygen atoms in total. The first-order chi connectivity index (χ1) is 6.45. The maximum Gasteiger partial charge on any atom is 0.264 e. The number of hydrogen-bond acceptors (Lipinski definition) is 4. The van der Waals surface area contributed by atoms with Gasteiger partial charge in [0.15, 0.2) is 0 Å². The highest BCUT2D eigenvalue weighted by Crippen LogP contribution is 2.12. The molecule has 0 heterocycles. The second kappa shape index (κ2) is 7.84. The number of hydrogen-bond donors (Lipinski definition) is 3. The lowest BCUT2D eigenvalue weighted by Crippen LogP contribution is -2.04. The molecule has 0 spiro atoms. The molecule has 0 rings (SSSR count). The molecule has 1 unspecified atom stereocenters. The molecular weight excluding hydrogens is 240 g/mol. The van der Waals surface area contributed by atoms with Crippen molar-refractivity contribution in [2.75, 3.05) is 11.5 Å². The van der Waals surface area contributed by atoms with E-state index in [9.17, 15) is 8.42 Å². The van der Waals surface area contributed by atoms with E-state index in [4.69, 9.17) is 4.55 Å². The second-order valence-electron chi connectivity index (χ2n) is 3.30. The lowest BCUT2D eigenvalue weighted by molar-refractivity contribution is 0.479. The topological polar surface area (TPSA) is 54.4 Å². The molecule has 0 aromatic rings. The van der Waals surface area contributed by atoms with Crippen molar-refractivity contribution in [3.8, 4) is 0 Å². The summed E-state index contributed by atoms with van der Waals surface area (Å²) in [5, 5.41) is 0.359. The van der Waals surface area contributed by atoms with Gasteiger partial charge in [-0.25, -0.2) is 0 Å². The van der Waals surface area contributed by atoms with E-state index in [1.54, 1.807) is 0 Å². The van der Waals surface area contributed by atoms with Gasteiger partial charge in [-0.05, 0) is 25.0 Å². The summed E-state index contributed by atoms with van der Waals surface area (Å²) in [6.07, 6.45) is 4.26. The van der Waals surface area contributed by atoms with Crippen molar-refractivity contribution in [3.05, 3.63) is 0 Å². The van der Waals surface area contributed by atoms with Gasteiger partial charge in [-0.3, -0.25) is 4.55 Å². The summed E-state index contributed by atoms with van der Waals surface area (Å²) in [6, 6.07) is 0. The van der Waals surface area contributed by atoms with Crippen LogP contribution in [0.15, 0.2) is 0 Å². The van der Waals surface area contributed by atoms with Crippen molar-refractivity contribution in [1.29, 1.82) is 0 Å². The van der Waals surface area contributed by atoms with Gasteiger partial charge in [0, 0.05) is 5.25 Å². The SMILES string of the molecule is O=S(=O)(O)CCCCCC(S)CCS. The zero-order valence-electron chi connectivity index (χ0n) is 8.09. The largest absolute Gasteiger partial charge is 0.286 e. The van der Waals surface area contributed by atoms with Gasteiger partial charge in [0.05, 0.1) is 5.75 Å². The Labute approximate surface area is 97.2 Å². The van der Waals surface area contributed by atoms with Gasteiger partial charge in [-0.1, -0.05) is 12.8 Å². The van der Waals surface area contributed by atoms with Crippen LogP contribution >= 0.6 is 25.3 Å². The van der Waals surface area contributed by atoms with E-state index < -0.39 is 10.1 Å². The summed E-state index contributed by atoms with van der Waals surface area (Å²) in [5.74, 6) is 0.704. The van der Waals surface area contributed by atoms with Crippen molar-refractivity contribution in [2.45, 2.75) is 37.4 Å². The van der Waals surface area contributed by atoms with Crippen molar-refractivity contribution < 1.29 is 13.0 Å². The van der Waals surface area contributed by atoms with Crippen molar-refractivity contribution in [1.82, 2.24) is 0 Å². The average molecular weight is 258 g/mol. The van der Waals surface area contributed by atoms with Crippen LogP contribution < -0.4 is 0 Å². The molecule has 1 atom stereocenters. The van der Waals surface area contributed by atoms with Crippen LogP contribution in [0.25, 0.3) is 0 Å². The highest BCUT2D eigenvalue weighted by molar-refractivity contribution is 7.85. The van der Waals surface area contributed by atoms with Gasteiger partial charge in [0.25, 0.3) is 10.1 Å². The highest BCUT2D eigenvalue weighted by Gasteiger charge is 2.05. The van der Waals surface area contributed by atoms with E-state index in [-0.39, 0.29) is 5.75 Å². The van der Waals surface area contributed by atoms with E-state index in [0.717, 1.165) is 31.4 Å². The molecule has 0 bridgehead atoms. The molecule has 86 valence electrons. The van der Waals surface area contributed by atoms with Crippen molar-refractivity contribution in [3.63, 3.8) is 0 Å². The molecule has 0 aliphatic rings. The summed E-state index contributed by atoms with van der Waals surface area (Å²) in [6.45, 7) is 0. The third-order valence-corrected chi connectivity index (χ3v) is 3.48. The molecule has 0 aromatic carbocycles. The fraction of sp³-hybridized carbons (Fsp3) is 1.00. The van der Waals surface area contributed by atoms with Crippen LogP contribution in [0.2, 0.25) is 0 Å². The van der Waals surface area contributed by atoms with Crippen LogP contribution in [0, 0.1) is 0 Å². The predicted molar refractivity (Wildman–Crippen MR) is 66.1 cm³/mol. The van der Waals surface area contributed by atoms with Crippen molar-refractivity contribution in [2.24, 2.45) is 0 Å². The number of unbranched alkanes of at least 4 members (excludes halogenated alkanes) is 2. The van der Waals surface area contributed by atoms with Crippen LogP contribution in [0.3, 0.4) is 0 Å². The Morgan fingerprint density at radius 2 is 1.79 bits per heavy atom. The van der Waals surface area contributed by atoms with Crippen LogP contribution in [0.5, 0.6) is 0 Å². The normalized spacial score (nSPS) is 14.2.